The Balaban J connectivity index is 2.35. The molecule has 0 saturated carbocycles. The van der Waals surface area contributed by atoms with Gasteiger partial charge >= 0.3 is 0 Å². The summed E-state index contributed by atoms with van der Waals surface area (Å²) < 4.78 is 6.32. The molecule has 0 aliphatic rings. The van der Waals surface area contributed by atoms with Crippen molar-refractivity contribution in [2.45, 2.75) is 6.54 Å². The fourth-order valence-corrected chi connectivity index (χ4v) is 2.26. The van der Waals surface area contributed by atoms with Gasteiger partial charge in [-0.1, -0.05) is 0 Å². The SMILES string of the molecule is NCc1coc(-c2ccc(Br)s2)n1. The third-order valence-corrected chi connectivity index (χ3v) is 3.16. The third kappa shape index (κ3) is 1.82. The Bertz CT molecular complexity index is 410. The predicted octanol–water partition coefficient (Wildman–Crippen LogP) is 2.62. The van der Waals surface area contributed by atoms with Gasteiger partial charge in [-0.2, -0.15) is 0 Å². The van der Waals surface area contributed by atoms with Gasteiger partial charge in [0.15, 0.2) is 0 Å². The van der Waals surface area contributed by atoms with Crippen LogP contribution in [0.1, 0.15) is 5.69 Å². The fraction of sp³-hybridized carbons (Fsp3) is 0.125. The maximum atomic E-state index is 5.42. The lowest BCUT2D eigenvalue weighted by atomic mass is 10.4. The summed E-state index contributed by atoms with van der Waals surface area (Å²) in [6, 6.07) is 3.92. The molecule has 68 valence electrons. The van der Waals surface area contributed by atoms with Crippen molar-refractivity contribution in [3.05, 3.63) is 27.9 Å². The number of nitrogens with two attached hydrogens (primary N) is 1. The molecule has 2 N–H and O–H groups in total. The molecule has 5 heteroatoms. The fourth-order valence-electron chi connectivity index (χ4n) is 0.943. The van der Waals surface area contributed by atoms with Crippen molar-refractivity contribution in [3.63, 3.8) is 0 Å². The van der Waals surface area contributed by atoms with Crippen molar-refractivity contribution in [2.24, 2.45) is 5.73 Å². The first-order chi connectivity index (χ1) is 6.29. The van der Waals surface area contributed by atoms with Crippen molar-refractivity contribution in [2.75, 3.05) is 0 Å². The van der Waals surface area contributed by atoms with Gasteiger partial charge in [0.1, 0.15) is 6.26 Å². The van der Waals surface area contributed by atoms with Gasteiger partial charge in [-0.15, -0.1) is 11.3 Å². The van der Waals surface area contributed by atoms with Crippen LogP contribution >= 0.6 is 27.3 Å². The zero-order valence-electron chi connectivity index (χ0n) is 6.66. The molecule has 2 heterocycles. The molecule has 0 fully saturated rings. The van der Waals surface area contributed by atoms with E-state index in [-0.39, 0.29) is 0 Å². The average molecular weight is 259 g/mol. The first-order valence-electron chi connectivity index (χ1n) is 3.70. The van der Waals surface area contributed by atoms with Crippen LogP contribution in [0.4, 0.5) is 0 Å². The lowest BCUT2D eigenvalue weighted by molar-refractivity contribution is 0.574. The second-order valence-electron chi connectivity index (χ2n) is 2.45. The van der Waals surface area contributed by atoms with Gasteiger partial charge in [0, 0.05) is 6.54 Å². The Kier molecular flexibility index (Phi) is 2.48. The first-order valence-corrected chi connectivity index (χ1v) is 5.30. The normalized spacial score (nSPS) is 10.6. The van der Waals surface area contributed by atoms with Gasteiger partial charge in [-0.05, 0) is 28.1 Å². The van der Waals surface area contributed by atoms with E-state index in [0.717, 1.165) is 14.4 Å². The van der Waals surface area contributed by atoms with Crippen LogP contribution in [0.3, 0.4) is 0 Å². The standard InChI is InChI=1S/C8H7BrN2OS/c9-7-2-1-6(13-7)8-11-5(3-10)4-12-8/h1-2,4H,3,10H2. The van der Waals surface area contributed by atoms with Crippen molar-refractivity contribution in [3.8, 4) is 10.8 Å². The molecule has 0 saturated heterocycles. The lowest BCUT2D eigenvalue weighted by Crippen LogP contribution is -1.95. The third-order valence-electron chi connectivity index (χ3n) is 1.54. The van der Waals surface area contributed by atoms with E-state index in [9.17, 15) is 0 Å². The van der Waals surface area contributed by atoms with E-state index >= 15 is 0 Å². The van der Waals surface area contributed by atoms with Crippen LogP contribution in [0.25, 0.3) is 10.8 Å². The Morgan fingerprint density at radius 2 is 2.38 bits per heavy atom. The molecule has 2 aromatic rings. The molecule has 2 aromatic heterocycles. The van der Waals surface area contributed by atoms with Gasteiger partial charge in [0.2, 0.25) is 5.89 Å². The summed E-state index contributed by atoms with van der Waals surface area (Å²) in [7, 11) is 0. The number of nitrogens with zero attached hydrogens (tertiary/aromatic N) is 1. The summed E-state index contributed by atoms with van der Waals surface area (Å²) in [6.07, 6.45) is 1.59. The minimum atomic E-state index is 0.413. The van der Waals surface area contributed by atoms with Crippen LogP contribution in [0.15, 0.2) is 26.6 Å². The molecule has 0 radical (unpaired) electrons. The second-order valence-corrected chi connectivity index (χ2v) is 4.91. The van der Waals surface area contributed by atoms with Gasteiger partial charge < -0.3 is 10.2 Å². The molecular formula is C8H7BrN2OS. The minimum Gasteiger partial charge on any atom is -0.444 e. The number of hydrogen-bond donors (Lipinski definition) is 1. The molecule has 0 aliphatic heterocycles. The van der Waals surface area contributed by atoms with E-state index in [4.69, 9.17) is 10.2 Å². The average Bonchev–Trinajstić information content (AvgIpc) is 2.71. The zero-order valence-corrected chi connectivity index (χ0v) is 9.06. The quantitative estimate of drug-likeness (QED) is 0.901. The highest BCUT2D eigenvalue weighted by atomic mass is 79.9. The Morgan fingerprint density at radius 1 is 1.54 bits per heavy atom. The van der Waals surface area contributed by atoms with E-state index in [1.807, 2.05) is 12.1 Å². The smallest absolute Gasteiger partial charge is 0.236 e. The van der Waals surface area contributed by atoms with E-state index in [2.05, 4.69) is 20.9 Å². The van der Waals surface area contributed by atoms with Crippen molar-refractivity contribution in [1.29, 1.82) is 0 Å². The molecule has 0 spiro atoms. The summed E-state index contributed by atoms with van der Waals surface area (Å²) in [6.45, 7) is 0.413. The van der Waals surface area contributed by atoms with Crippen LogP contribution in [0.2, 0.25) is 0 Å². The molecular weight excluding hydrogens is 252 g/mol. The highest BCUT2D eigenvalue weighted by molar-refractivity contribution is 9.11. The second kappa shape index (κ2) is 3.61. The summed E-state index contributed by atoms with van der Waals surface area (Å²) in [5.41, 5.74) is 6.20. The topological polar surface area (TPSA) is 52.0 Å². The molecule has 0 bridgehead atoms. The van der Waals surface area contributed by atoms with Gasteiger partial charge in [-0.3, -0.25) is 0 Å². The van der Waals surface area contributed by atoms with Crippen LogP contribution < -0.4 is 5.73 Å². The summed E-state index contributed by atoms with van der Waals surface area (Å²) >= 11 is 4.96. The monoisotopic (exact) mass is 258 g/mol. The largest absolute Gasteiger partial charge is 0.444 e. The van der Waals surface area contributed by atoms with E-state index in [1.165, 1.54) is 0 Å². The number of halogens is 1. The van der Waals surface area contributed by atoms with Crippen molar-refractivity contribution < 1.29 is 4.42 Å². The zero-order chi connectivity index (χ0) is 9.26. The lowest BCUT2D eigenvalue weighted by Gasteiger charge is -1.85. The van der Waals surface area contributed by atoms with E-state index in [0.29, 0.717) is 12.4 Å². The van der Waals surface area contributed by atoms with Crippen molar-refractivity contribution >= 4 is 27.3 Å². The predicted molar refractivity (Wildman–Crippen MR) is 55.4 cm³/mol. The molecule has 0 aromatic carbocycles. The molecule has 2 rings (SSSR count). The Hall–Kier alpha value is -0.650. The van der Waals surface area contributed by atoms with Crippen molar-refractivity contribution in [1.82, 2.24) is 4.98 Å². The van der Waals surface area contributed by atoms with E-state index in [1.54, 1.807) is 17.6 Å². The highest BCUT2D eigenvalue weighted by Crippen LogP contribution is 2.30. The number of thiophene rings is 1. The van der Waals surface area contributed by atoms with Gasteiger partial charge in [0.25, 0.3) is 0 Å². The maximum Gasteiger partial charge on any atom is 0.236 e. The maximum absolute atomic E-state index is 5.42. The Morgan fingerprint density at radius 3 is 2.92 bits per heavy atom. The van der Waals surface area contributed by atoms with Crippen LogP contribution in [0, 0.1) is 0 Å². The summed E-state index contributed by atoms with van der Waals surface area (Å²) in [5, 5.41) is 0. The molecule has 0 atom stereocenters. The number of oxazole rings is 1. The molecule has 13 heavy (non-hydrogen) atoms. The summed E-state index contributed by atoms with van der Waals surface area (Å²) in [5.74, 6) is 0.635. The molecule has 0 aliphatic carbocycles. The molecule has 0 unspecified atom stereocenters. The first kappa shape index (κ1) is 8.93. The minimum absolute atomic E-state index is 0.413. The Labute approximate surface area is 87.7 Å². The van der Waals surface area contributed by atoms with Gasteiger partial charge in [0.05, 0.1) is 14.4 Å². The number of aromatic nitrogens is 1. The number of rotatable bonds is 2. The van der Waals surface area contributed by atoms with Crippen LogP contribution in [-0.2, 0) is 6.54 Å². The summed E-state index contributed by atoms with van der Waals surface area (Å²) in [4.78, 5) is 5.22. The molecule has 3 nitrogen and oxygen atoms in total. The van der Waals surface area contributed by atoms with Gasteiger partial charge in [-0.25, -0.2) is 4.98 Å². The van der Waals surface area contributed by atoms with E-state index < -0.39 is 0 Å². The van der Waals surface area contributed by atoms with Crippen LogP contribution in [-0.4, -0.2) is 4.98 Å². The number of hydrogen-bond acceptors (Lipinski definition) is 4. The highest BCUT2D eigenvalue weighted by Gasteiger charge is 2.07. The molecule has 0 amide bonds. The van der Waals surface area contributed by atoms with Crippen LogP contribution in [0.5, 0.6) is 0 Å².